The largest absolute Gasteiger partial charge is 0.322 e. The molecule has 3 saturated heterocycles. The van der Waals surface area contributed by atoms with Crippen LogP contribution in [-0.4, -0.2) is 59.7 Å². The monoisotopic (exact) mass is 452 g/mol. The fourth-order valence-corrected chi connectivity index (χ4v) is 6.03. The van der Waals surface area contributed by atoms with Gasteiger partial charge in [-0.25, -0.2) is 0 Å². The van der Waals surface area contributed by atoms with Crippen LogP contribution in [0, 0.1) is 11.8 Å². The van der Waals surface area contributed by atoms with Crippen molar-refractivity contribution in [1.29, 1.82) is 0 Å². The highest BCUT2D eigenvalue weighted by Crippen LogP contribution is 2.30. The molecule has 5 rings (SSSR count). The fourth-order valence-electron chi connectivity index (χ4n) is 6.03. The summed E-state index contributed by atoms with van der Waals surface area (Å²) in [6, 6.07) is 5.64. The van der Waals surface area contributed by atoms with Crippen LogP contribution < -0.4 is 10.6 Å². The quantitative estimate of drug-likeness (QED) is 0.648. The Kier molecular flexibility index (Phi) is 6.79. The van der Waals surface area contributed by atoms with Crippen LogP contribution in [0.2, 0.25) is 0 Å². The molecule has 1 unspecified atom stereocenters. The summed E-state index contributed by atoms with van der Waals surface area (Å²) < 4.78 is 0. The molecule has 7 nitrogen and oxygen atoms in total. The number of benzene rings is 1. The number of carbonyl (C=O) groups is 3. The van der Waals surface area contributed by atoms with E-state index in [2.05, 4.69) is 21.6 Å². The zero-order chi connectivity index (χ0) is 22.8. The van der Waals surface area contributed by atoms with E-state index in [1.54, 1.807) is 4.90 Å². The number of fused-ring (bicyclic) bond motifs is 1. The third-order valence-corrected chi connectivity index (χ3v) is 8.15. The summed E-state index contributed by atoms with van der Waals surface area (Å²) in [6.07, 6.45) is 8.70. The van der Waals surface area contributed by atoms with Crippen molar-refractivity contribution >= 4 is 17.7 Å². The number of hydrogen-bond acceptors (Lipinski definition) is 5. The first-order chi connectivity index (χ1) is 16.1. The Morgan fingerprint density at radius 2 is 1.64 bits per heavy atom. The Morgan fingerprint density at radius 1 is 0.909 bits per heavy atom. The third-order valence-electron chi connectivity index (χ3n) is 8.15. The number of amides is 3. The molecule has 178 valence electrons. The maximum Gasteiger partial charge on any atom is 0.255 e. The molecule has 0 saturated carbocycles. The Bertz CT molecular complexity index is 903. The average Bonchev–Trinajstić information content (AvgIpc) is 3.15. The van der Waals surface area contributed by atoms with E-state index in [0.717, 1.165) is 37.0 Å². The molecule has 3 fully saturated rings. The maximum atomic E-state index is 13.1. The number of nitrogens with zero attached hydrogens (tertiary/aromatic N) is 2. The van der Waals surface area contributed by atoms with Gasteiger partial charge in [0, 0.05) is 25.1 Å². The minimum atomic E-state index is -0.546. The van der Waals surface area contributed by atoms with Gasteiger partial charge < -0.3 is 10.2 Å². The van der Waals surface area contributed by atoms with Crippen molar-refractivity contribution in [1.82, 2.24) is 20.4 Å². The van der Waals surface area contributed by atoms with E-state index < -0.39 is 6.04 Å². The Labute approximate surface area is 196 Å². The molecule has 33 heavy (non-hydrogen) atoms. The lowest BCUT2D eigenvalue weighted by Crippen LogP contribution is -2.52. The van der Waals surface area contributed by atoms with Gasteiger partial charge in [0.05, 0.1) is 0 Å². The van der Waals surface area contributed by atoms with Crippen LogP contribution in [0.4, 0.5) is 0 Å². The van der Waals surface area contributed by atoms with Crippen LogP contribution in [0.25, 0.3) is 0 Å². The number of imide groups is 1. The van der Waals surface area contributed by atoms with Crippen molar-refractivity contribution in [2.24, 2.45) is 11.8 Å². The lowest BCUT2D eigenvalue weighted by atomic mass is 9.85. The molecule has 7 heteroatoms. The van der Waals surface area contributed by atoms with Gasteiger partial charge in [-0.05, 0) is 87.3 Å². The van der Waals surface area contributed by atoms with Gasteiger partial charge in [-0.3, -0.25) is 24.6 Å². The zero-order valence-electron chi connectivity index (χ0n) is 19.5. The second-order valence-electron chi connectivity index (χ2n) is 10.4. The number of piperidine rings is 3. The van der Waals surface area contributed by atoms with Crippen molar-refractivity contribution in [3.63, 3.8) is 0 Å². The highest BCUT2D eigenvalue weighted by Gasteiger charge is 2.39. The molecule has 0 bridgehead atoms. The van der Waals surface area contributed by atoms with Crippen molar-refractivity contribution < 1.29 is 14.4 Å². The van der Waals surface area contributed by atoms with Crippen LogP contribution in [0.5, 0.6) is 0 Å². The van der Waals surface area contributed by atoms with Gasteiger partial charge in [0.1, 0.15) is 6.04 Å². The van der Waals surface area contributed by atoms with Gasteiger partial charge in [-0.2, -0.15) is 0 Å². The molecule has 0 spiro atoms. The summed E-state index contributed by atoms with van der Waals surface area (Å²) in [6.45, 7) is 5.97. The molecule has 4 aliphatic heterocycles. The van der Waals surface area contributed by atoms with Gasteiger partial charge in [0.25, 0.3) is 5.91 Å². The van der Waals surface area contributed by atoms with Crippen molar-refractivity contribution in [3.05, 3.63) is 34.9 Å². The normalized spacial score (nSPS) is 25.4. The van der Waals surface area contributed by atoms with Crippen molar-refractivity contribution in [2.75, 3.05) is 26.2 Å². The van der Waals surface area contributed by atoms with E-state index in [9.17, 15) is 14.4 Å². The second kappa shape index (κ2) is 9.94. The first kappa shape index (κ1) is 22.5. The minimum Gasteiger partial charge on any atom is -0.322 e. The molecule has 0 aromatic heterocycles. The van der Waals surface area contributed by atoms with Gasteiger partial charge >= 0.3 is 0 Å². The fraction of sp³-hybridized carbons (Fsp3) is 0.654. The summed E-state index contributed by atoms with van der Waals surface area (Å²) in [5.41, 5.74) is 2.86. The molecule has 1 aromatic carbocycles. The minimum absolute atomic E-state index is 0.0852. The molecule has 1 atom stereocenters. The number of nitrogens with one attached hydrogen (secondary N) is 2. The maximum absolute atomic E-state index is 13.1. The van der Waals surface area contributed by atoms with Gasteiger partial charge in [-0.15, -0.1) is 0 Å². The standard InChI is InChI=1S/C26H36N4O3/c31-24-6-5-23(25(32)28-24)30-17-21-4-3-20(15-22(21)26(30)33)16-29-13-9-19(10-14-29)2-1-18-7-11-27-12-8-18/h3-4,15,18-19,23,27H,1-2,5-14,16-17H2,(H,28,31,32). The van der Waals surface area contributed by atoms with E-state index in [0.29, 0.717) is 18.5 Å². The third kappa shape index (κ3) is 5.14. The molecule has 3 amide bonds. The Morgan fingerprint density at radius 3 is 2.36 bits per heavy atom. The van der Waals surface area contributed by atoms with Crippen LogP contribution in [0.15, 0.2) is 18.2 Å². The van der Waals surface area contributed by atoms with E-state index in [4.69, 9.17) is 0 Å². The molecule has 4 aliphatic rings. The summed E-state index contributed by atoms with van der Waals surface area (Å²) in [4.78, 5) is 40.9. The smallest absolute Gasteiger partial charge is 0.255 e. The van der Waals surface area contributed by atoms with E-state index in [-0.39, 0.29) is 24.1 Å². The molecule has 4 heterocycles. The predicted molar refractivity (Wildman–Crippen MR) is 125 cm³/mol. The molecule has 0 aliphatic carbocycles. The van der Waals surface area contributed by atoms with Crippen LogP contribution in [0.1, 0.15) is 72.9 Å². The van der Waals surface area contributed by atoms with E-state index >= 15 is 0 Å². The summed E-state index contributed by atoms with van der Waals surface area (Å²) in [7, 11) is 0. The number of likely N-dealkylation sites (tertiary alicyclic amines) is 1. The topological polar surface area (TPSA) is 81.8 Å². The first-order valence-electron chi connectivity index (χ1n) is 12.8. The average molecular weight is 453 g/mol. The number of carbonyl (C=O) groups excluding carboxylic acids is 3. The zero-order valence-corrected chi connectivity index (χ0v) is 19.5. The summed E-state index contributed by atoms with van der Waals surface area (Å²) in [5, 5.41) is 5.83. The first-order valence-corrected chi connectivity index (χ1v) is 12.8. The molecule has 2 N–H and O–H groups in total. The molecular weight excluding hydrogens is 416 g/mol. The predicted octanol–water partition coefficient (Wildman–Crippen LogP) is 2.44. The van der Waals surface area contributed by atoms with Gasteiger partial charge in [0.15, 0.2) is 0 Å². The summed E-state index contributed by atoms with van der Waals surface area (Å²) >= 11 is 0. The molecule has 1 aromatic rings. The molecule has 0 radical (unpaired) electrons. The van der Waals surface area contributed by atoms with Gasteiger partial charge in [-0.1, -0.05) is 25.0 Å². The van der Waals surface area contributed by atoms with E-state index in [1.165, 1.54) is 57.2 Å². The van der Waals surface area contributed by atoms with Crippen molar-refractivity contribution in [3.8, 4) is 0 Å². The lowest BCUT2D eigenvalue weighted by molar-refractivity contribution is -0.136. The Balaban J connectivity index is 1.12. The van der Waals surface area contributed by atoms with Crippen LogP contribution >= 0.6 is 0 Å². The van der Waals surface area contributed by atoms with Crippen LogP contribution in [-0.2, 0) is 22.7 Å². The Hall–Kier alpha value is -2.25. The van der Waals surface area contributed by atoms with Gasteiger partial charge in [0.2, 0.25) is 11.8 Å². The SMILES string of the molecule is O=C1CCC(N2Cc3ccc(CN4CCC(CCC5CCNCC5)CC4)cc3C2=O)C(=O)N1. The number of hydrogen-bond donors (Lipinski definition) is 2. The highest BCUT2D eigenvalue weighted by molar-refractivity contribution is 6.05. The van der Waals surface area contributed by atoms with Crippen LogP contribution in [0.3, 0.4) is 0 Å². The molecular formula is C26H36N4O3. The lowest BCUT2D eigenvalue weighted by Gasteiger charge is -2.33. The second-order valence-corrected chi connectivity index (χ2v) is 10.4. The van der Waals surface area contributed by atoms with Crippen molar-refractivity contribution in [2.45, 2.75) is 70.5 Å². The highest BCUT2D eigenvalue weighted by atomic mass is 16.2. The van der Waals surface area contributed by atoms with E-state index in [1.807, 2.05) is 12.1 Å². The summed E-state index contributed by atoms with van der Waals surface area (Å²) in [5.74, 6) is 1.10. The number of rotatable bonds is 6.